The third-order valence-corrected chi connectivity index (χ3v) is 9.66. The molecule has 2 aromatic carbocycles. The fourth-order valence-corrected chi connectivity index (χ4v) is 6.62. The summed E-state index contributed by atoms with van der Waals surface area (Å²) in [5, 5.41) is 21.7. The van der Waals surface area contributed by atoms with Crippen LogP contribution in [0.4, 0.5) is 22.7 Å². The Hall–Kier alpha value is -3.37. The molecule has 0 spiro atoms. The van der Waals surface area contributed by atoms with E-state index in [2.05, 4.69) is 37.9 Å². The van der Waals surface area contributed by atoms with E-state index in [-0.39, 0.29) is 22.9 Å². The maximum Gasteiger partial charge on any atom is 0.271 e. The predicted molar refractivity (Wildman–Crippen MR) is 184 cm³/mol. The van der Waals surface area contributed by atoms with Crippen molar-refractivity contribution in [2.45, 2.75) is 32.1 Å². The normalized spacial score (nSPS) is 18.4. The number of non-ortho nitro benzene ring substituents is 2. The van der Waals surface area contributed by atoms with Gasteiger partial charge in [0.2, 0.25) is 0 Å². The molecular weight excluding hydrogens is 626 g/mol. The maximum atomic E-state index is 10.9. The molecule has 0 saturated carbocycles. The molecule has 2 fully saturated rings. The Morgan fingerprint density at radius 1 is 0.681 bits per heavy atom. The number of hydrogen-bond acceptors (Lipinski definition) is 12. The van der Waals surface area contributed by atoms with E-state index in [0.717, 1.165) is 81.8 Å². The van der Waals surface area contributed by atoms with Gasteiger partial charge in [0.05, 0.1) is 22.7 Å². The first-order valence-electron chi connectivity index (χ1n) is 16.4. The third kappa shape index (κ3) is 11.4. The molecule has 2 aromatic rings. The van der Waals surface area contributed by atoms with Gasteiger partial charge in [0.15, 0.2) is 0 Å². The number of likely N-dealkylation sites (tertiary alicyclic amines) is 1. The molecule has 0 unspecified atom stereocenters. The largest absolute Gasteiger partial charge is 0.369 e. The maximum absolute atomic E-state index is 10.9. The van der Waals surface area contributed by atoms with Gasteiger partial charge in [-0.25, -0.2) is 0 Å². The van der Waals surface area contributed by atoms with E-state index in [9.17, 15) is 28.6 Å². The van der Waals surface area contributed by atoms with E-state index in [1.807, 2.05) is 11.0 Å². The van der Waals surface area contributed by atoms with Crippen LogP contribution in [-0.2, 0) is 27.1 Å². The molecule has 2 saturated heterocycles. The van der Waals surface area contributed by atoms with Crippen LogP contribution in [0, 0.1) is 20.2 Å². The second-order valence-electron chi connectivity index (χ2n) is 12.6. The summed E-state index contributed by atoms with van der Waals surface area (Å²) in [6.07, 6.45) is 7.06. The number of hydrogen-bond donors (Lipinski definition) is 0. The Morgan fingerprint density at radius 2 is 1.17 bits per heavy atom. The molecule has 0 N–H and O–H groups in total. The molecule has 14 nitrogen and oxygen atoms in total. The SMILES string of the molecule is CN1CCCCC1.CN1CCN(CCN2CCc3ccc([N+](=O)[O-])cc32)CC1.CS(=O)(=O)OCCN1CCc2ccc([N+](=O)[O-])cc21. The van der Waals surface area contributed by atoms with Crippen molar-refractivity contribution in [2.24, 2.45) is 0 Å². The summed E-state index contributed by atoms with van der Waals surface area (Å²) in [6.45, 7) is 11.2. The number of rotatable bonds is 9. The van der Waals surface area contributed by atoms with Gasteiger partial charge in [-0.1, -0.05) is 18.6 Å². The minimum absolute atomic E-state index is 0.0367. The van der Waals surface area contributed by atoms with Crippen molar-refractivity contribution in [3.63, 3.8) is 0 Å². The molecule has 0 radical (unpaired) electrons. The van der Waals surface area contributed by atoms with Crippen LogP contribution in [0.15, 0.2) is 36.4 Å². The van der Waals surface area contributed by atoms with Crippen LogP contribution in [0.3, 0.4) is 0 Å². The highest BCUT2D eigenvalue weighted by Gasteiger charge is 2.24. The van der Waals surface area contributed by atoms with Crippen molar-refractivity contribution in [1.82, 2.24) is 14.7 Å². The average Bonchev–Trinajstić information content (AvgIpc) is 3.64. The molecule has 15 heteroatoms. The smallest absolute Gasteiger partial charge is 0.271 e. The van der Waals surface area contributed by atoms with Gasteiger partial charge in [-0.15, -0.1) is 0 Å². The highest BCUT2D eigenvalue weighted by molar-refractivity contribution is 7.85. The van der Waals surface area contributed by atoms with Crippen LogP contribution in [0.2, 0.25) is 0 Å². The first-order valence-corrected chi connectivity index (χ1v) is 18.2. The first kappa shape index (κ1) is 36.5. The van der Waals surface area contributed by atoms with Crippen molar-refractivity contribution in [3.05, 3.63) is 67.8 Å². The number of nitro groups is 2. The lowest BCUT2D eigenvalue weighted by Crippen LogP contribution is -2.46. The second kappa shape index (κ2) is 17.2. The fraction of sp³-hybridized carbons (Fsp3) is 0.625. The van der Waals surface area contributed by atoms with E-state index in [0.29, 0.717) is 13.1 Å². The van der Waals surface area contributed by atoms with Gasteiger partial charge < -0.3 is 19.6 Å². The van der Waals surface area contributed by atoms with E-state index < -0.39 is 15.0 Å². The van der Waals surface area contributed by atoms with Crippen LogP contribution in [0.5, 0.6) is 0 Å². The molecule has 0 aromatic heterocycles. The van der Waals surface area contributed by atoms with Crippen molar-refractivity contribution >= 4 is 32.9 Å². The molecule has 0 bridgehead atoms. The van der Waals surface area contributed by atoms with Crippen LogP contribution < -0.4 is 9.80 Å². The molecule has 4 aliphatic rings. The van der Waals surface area contributed by atoms with Crippen LogP contribution in [0.25, 0.3) is 0 Å². The minimum atomic E-state index is -3.45. The van der Waals surface area contributed by atoms with Crippen LogP contribution in [-0.4, -0.2) is 132 Å². The number of piperazine rings is 1. The van der Waals surface area contributed by atoms with Gasteiger partial charge in [-0.3, -0.25) is 29.3 Å². The molecular formula is C32H49N7O7S. The van der Waals surface area contributed by atoms with Gasteiger partial charge in [-0.05, 0) is 64.0 Å². The summed E-state index contributed by atoms with van der Waals surface area (Å²) in [5.41, 5.74) is 4.34. The van der Waals surface area contributed by atoms with Gasteiger partial charge in [0.1, 0.15) is 0 Å². The van der Waals surface area contributed by atoms with Crippen molar-refractivity contribution in [1.29, 1.82) is 0 Å². The number of nitrogens with zero attached hydrogens (tertiary/aromatic N) is 7. The van der Waals surface area contributed by atoms with E-state index in [1.165, 1.54) is 50.0 Å². The number of piperidine rings is 1. The van der Waals surface area contributed by atoms with Gasteiger partial charge >= 0.3 is 0 Å². The predicted octanol–water partition coefficient (Wildman–Crippen LogP) is 3.24. The second-order valence-corrected chi connectivity index (χ2v) is 14.3. The quantitative estimate of drug-likeness (QED) is 0.219. The van der Waals surface area contributed by atoms with E-state index >= 15 is 0 Å². The lowest BCUT2D eigenvalue weighted by atomic mass is 10.1. The number of fused-ring (bicyclic) bond motifs is 2. The van der Waals surface area contributed by atoms with E-state index in [1.54, 1.807) is 18.2 Å². The number of nitro benzene ring substituents is 2. The van der Waals surface area contributed by atoms with Crippen LogP contribution in [0.1, 0.15) is 30.4 Å². The van der Waals surface area contributed by atoms with E-state index in [4.69, 9.17) is 0 Å². The zero-order valence-electron chi connectivity index (χ0n) is 27.9. The lowest BCUT2D eigenvalue weighted by molar-refractivity contribution is -0.385. The third-order valence-electron chi connectivity index (χ3n) is 9.06. The zero-order chi connectivity index (χ0) is 34.0. The van der Waals surface area contributed by atoms with Crippen molar-refractivity contribution in [3.8, 4) is 0 Å². The molecule has 6 rings (SSSR count). The lowest BCUT2D eigenvalue weighted by Gasteiger charge is -2.33. The Bertz CT molecular complexity index is 1460. The molecule has 0 atom stereocenters. The molecule has 0 amide bonds. The molecule has 4 heterocycles. The molecule has 260 valence electrons. The summed E-state index contributed by atoms with van der Waals surface area (Å²) < 4.78 is 26.4. The van der Waals surface area contributed by atoms with Gasteiger partial charge in [0.25, 0.3) is 21.5 Å². The Balaban J connectivity index is 0.000000177. The molecule has 4 aliphatic heterocycles. The summed E-state index contributed by atoms with van der Waals surface area (Å²) in [6, 6.07) is 9.99. The monoisotopic (exact) mass is 675 g/mol. The molecule has 47 heavy (non-hydrogen) atoms. The Kier molecular flexibility index (Phi) is 13.3. The van der Waals surface area contributed by atoms with Crippen LogP contribution >= 0.6 is 0 Å². The summed E-state index contributed by atoms with van der Waals surface area (Å²) in [7, 11) is 0.904. The molecule has 0 aliphatic carbocycles. The standard InChI is InChI=1S/C15H22N4O2.C11H14N2O5S.C6H13N/c1-16-6-8-17(9-7-16)10-11-18-5-4-13-2-3-14(19(20)21)12-15(13)18;1-19(16,17)18-7-6-12-5-4-9-2-3-10(13(14)15)8-11(9)12;1-7-5-3-2-4-6-7/h2-3,12H,4-11H2,1H3;2-3,8H,4-7H2,1H3;2-6H2,1H3. The average molecular weight is 676 g/mol. The highest BCUT2D eigenvalue weighted by Crippen LogP contribution is 2.32. The summed E-state index contributed by atoms with van der Waals surface area (Å²) in [5.74, 6) is 0. The zero-order valence-corrected chi connectivity index (χ0v) is 28.7. The van der Waals surface area contributed by atoms with Gasteiger partial charge in [-0.2, -0.15) is 8.42 Å². The van der Waals surface area contributed by atoms with Crippen molar-refractivity contribution in [2.75, 3.05) is 109 Å². The summed E-state index contributed by atoms with van der Waals surface area (Å²) >= 11 is 0. The Morgan fingerprint density at radius 3 is 1.62 bits per heavy atom. The summed E-state index contributed by atoms with van der Waals surface area (Å²) in [4.78, 5) is 32.3. The Labute approximate surface area is 278 Å². The fourth-order valence-electron chi connectivity index (χ4n) is 6.24. The number of likely N-dealkylation sites (N-methyl/N-ethyl adjacent to an activating group) is 1. The van der Waals surface area contributed by atoms with Gasteiger partial charge in [0, 0.05) is 94.5 Å². The minimum Gasteiger partial charge on any atom is -0.369 e. The number of benzene rings is 2. The first-order chi connectivity index (χ1) is 22.4. The number of anilines is 2. The highest BCUT2D eigenvalue weighted by atomic mass is 32.2. The van der Waals surface area contributed by atoms with Crippen molar-refractivity contribution < 1.29 is 22.4 Å². The topological polar surface area (TPSA) is 146 Å².